The molecule has 0 atom stereocenters. The molecular formula is C6H3N5. The van der Waals surface area contributed by atoms with Crippen LogP contribution >= 0.6 is 0 Å². The van der Waals surface area contributed by atoms with E-state index in [0.717, 1.165) is 0 Å². The van der Waals surface area contributed by atoms with E-state index in [1.165, 1.54) is 17.0 Å². The predicted octanol–water partition coefficient (Wildman–Crippen LogP) is -0.00402. The Kier molecular flexibility index (Phi) is 1.07. The SMILES string of the molecule is N#Cc1cnc2ncnn2c1. The summed E-state index contributed by atoms with van der Waals surface area (Å²) in [6, 6.07) is 1.96. The van der Waals surface area contributed by atoms with Gasteiger partial charge in [0.25, 0.3) is 5.78 Å². The van der Waals surface area contributed by atoms with Crippen LogP contribution in [0.3, 0.4) is 0 Å². The van der Waals surface area contributed by atoms with Crippen LogP contribution in [0.4, 0.5) is 0 Å². The van der Waals surface area contributed by atoms with Crippen molar-refractivity contribution < 1.29 is 0 Å². The topological polar surface area (TPSA) is 66.9 Å². The zero-order valence-electron chi connectivity index (χ0n) is 5.47. The predicted molar refractivity (Wildman–Crippen MR) is 35.5 cm³/mol. The minimum atomic E-state index is 0.475. The minimum Gasteiger partial charge on any atom is -0.218 e. The molecule has 0 unspecified atom stereocenters. The Labute approximate surface area is 61.9 Å². The van der Waals surface area contributed by atoms with Crippen molar-refractivity contribution in [1.82, 2.24) is 19.6 Å². The summed E-state index contributed by atoms with van der Waals surface area (Å²) in [6.07, 6.45) is 4.43. The zero-order valence-corrected chi connectivity index (χ0v) is 5.47. The van der Waals surface area contributed by atoms with Crippen molar-refractivity contribution in [3.8, 4) is 6.07 Å². The van der Waals surface area contributed by atoms with Crippen molar-refractivity contribution in [2.75, 3.05) is 0 Å². The van der Waals surface area contributed by atoms with Crippen molar-refractivity contribution in [2.24, 2.45) is 0 Å². The second-order valence-electron chi connectivity index (χ2n) is 1.96. The summed E-state index contributed by atoms with van der Waals surface area (Å²) < 4.78 is 1.46. The molecule has 0 amide bonds. The number of rotatable bonds is 0. The van der Waals surface area contributed by atoms with Gasteiger partial charge in [0.15, 0.2) is 0 Å². The molecule has 0 aliphatic carbocycles. The second-order valence-corrected chi connectivity index (χ2v) is 1.96. The lowest BCUT2D eigenvalue weighted by atomic mass is 10.4. The fraction of sp³-hybridized carbons (Fsp3) is 0. The molecule has 0 radical (unpaired) electrons. The molecule has 2 aromatic rings. The van der Waals surface area contributed by atoms with E-state index in [1.807, 2.05) is 6.07 Å². The van der Waals surface area contributed by atoms with Gasteiger partial charge in [0.05, 0.1) is 18.0 Å². The van der Waals surface area contributed by atoms with Gasteiger partial charge in [-0.25, -0.2) is 9.50 Å². The van der Waals surface area contributed by atoms with Gasteiger partial charge in [0, 0.05) is 0 Å². The first-order valence-corrected chi connectivity index (χ1v) is 2.95. The largest absolute Gasteiger partial charge is 0.252 e. The molecule has 0 bridgehead atoms. The van der Waals surface area contributed by atoms with E-state index < -0.39 is 0 Å². The summed E-state index contributed by atoms with van der Waals surface area (Å²) in [6.45, 7) is 0. The van der Waals surface area contributed by atoms with E-state index in [2.05, 4.69) is 15.1 Å². The Balaban J connectivity index is 2.79. The highest BCUT2D eigenvalue weighted by Gasteiger charge is 1.96. The van der Waals surface area contributed by atoms with E-state index >= 15 is 0 Å². The Bertz CT molecular complexity index is 424. The Hall–Kier alpha value is -1.96. The van der Waals surface area contributed by atoms with Crippen molar-refractivity contribution in [3.63, 3.8) is 0 Å². The van der Waals surface area contributed by atoms with Gasteiger partial charge >= 0.3 is 0 Å². The smallest absolute Gasteiger partial charge is 0.218 e. The van der Waals surface area contributed by atoms with Gasteiger partial charge in [-0.3, -0.25) is 0 Å². The maximum absolute atomic E-state index is 8.48. The minimum absolute atomic E-state index is 0.475. The molecule has 0 aromatic carbocycles. The van der Waals surface area contributed by atoms with Crippen LogP contribution in [0.15, 0.2) is 18.7 Å². The Morgan fingerprint density at radius 2 is 2.36 bits per heavy atom. The second kappa shape index (κ2) is 2.02. The van der Waals surface area contributed by atoms with Gasteiger partial charge in [0.2, 0.25) is 0 Å². The van der Waals surface area contributed by atoms with Gasteiger partial charge in [-0.1, -0.05) is 0 Å². The average molecular weight is 145 g/mol. The first-order valence-electron chi connectivity index (χ1n) is 2.95. The quantitative estimate of drug-likeness (QED) is 0.523. The Morgan fingerprint density at radius 3 is 3.18 bits per heavy atom. The summed E-state index contributed by atoms with van der Waals surface area (Å²) in [7, 11) is 0. The summed E-state index contributed by atoms with van der Waals surface area (Å²) in [5.74, 6) is 0.504. The molecular weight excluding hydrogens is 142 g/mol. The van der Waals surface area contributed by atoms with Crippen LogP contribution in [0.2, 0.25) is 0 Å². The van der Waals surface area contributed by atoms with Crippen molar-refractivity contribution in [1.29, 1.82) is 5.26 Å². The fourth-order valence-electron chi connectivity index (χ4n) is 0.778. The van der Waals surface area contributed by atoms with Crippen molar-refractivity contribution in [2.45, 2.75) is 0 Å². The monoisotopic (exact) mass is 145 g/mol. The van der Waals surface area contributed by atoms with Crippen LogP contribution in [-0.2, 0) is 0 Å². The normalized spacial score (nSPS) is 9.73. The maximum atomic E-state index is 8.48. The summed E-state index contributed by atoms with van der Waals surface area (Å²) in [5, 5.41) is 12.3. The lowest BCUT2D eigenvalue weighted by Crippen LogP contribution is -1.91. The number of nitriles is 1. The first-order chi connectivity index (χ1) is 5.40. The van der Waals surface area contributed by atoms with Gasteiger partial charge in [-0.2, -0.15) is 15.3 Å². The molecule has 2 heterocycles. The lowest BCUT2D eigenvalue weighted by molar-refractivity contribution is 0.934. The highest BCUT2D eigenvalue weighted by molar-refractivity contribution is 5.31. The highest BCUT2D eigenvalue weighted by atomic mass is 15.3. The number of hydrogen-bond donors (Lipinski definition) is 0. The third-order valence-corrected chi connectivity index (χ3v) is 1.26. The summed E-state index contributed by atoms with van der Waals surface area (Å²) in [5.41, 5.74) is 0.475. The molecule has 5 nitrogen and oxygen atoms in total. The highest BCUT2D eigenvalue weighted by Crippen LogP contribution is 1.95. The van der Waals surface area contributed by atoms with Crippen molar-refractivity contribution in [3.05, 3.63) is 24.3 Å². The van der Waals surface area contributed by atoms with E-state index in [-0.39, 0.29) is 0 Å². The van der Waals surface area contributed by atoms with E-state index in [9.17, 15) is 0 Å². The number of fused-ring (bicyclic) bond motifs is 1. The Morgan fingerprint density at radius 1 is 1.45 bits per heavy atom. The molecule has 0 aliphatic heterocycles. The van der Waals surface area contributed by atoms with Crippen LogP contribution in [0.5, 0.6) is 0 Å². The third-order valence-electron chi connectivity index (χ3n) is 1.26. The number of aromatic nitrogens is 4. The van der Waals surface area contributed by atoms with Crippen LogP contribution in [0.1, 0.15) is 5.56 Å². The van der Waals surface area contributed by atoms with Gasteiger partial charge in [-0.15, -0.1) is 0 Å². The number of nitrogens with zero attached hydrogens (tertiary/aromatic N) is 5. The van der Waals surface area contributed by atoms with Gasteiger partial charge < -0.3 is 0 Å². The molecule has 0 fully saturated rings. The van der Waals surface area contributed by atoms with Gasteiger partial charge in [-0.05, 0) is 0 Å². The first kappa shape index (κ1) is 5.80. The van der Waals surface area contributed by atoms with Gasteiger partial charge in [0.1, 0.15) is 12.4 Å². The molecule has 11 heavy (non-hydrogen) atoms. The standard InChI is InChI=1S/C6H3N5/c7-1-5-2-8-6-9-4-10-11(6)3-5/h2-4H. The molecule has 52 valence electrons. The summed E-state index contributed by atoms with van der Waals surface area (Å²) in [4.78, 5) is 7.70. The fourth-order valence-corrected chi connectivity index (χ4v) is 0.778. The molecule has 0 N–H and O–H groups in total. The summed E-state index contributed by atoms with van der Waals surface area (Å²) >= 11 is 0. The molecule has 0 saturated carbocycles. The molecule has 0 spiro atoms. The molecule has 0 aliphatic rings. The lowest BCUT2D eigenvalue weighted by Gasteiger charge is -1.88. The average Bonchev–Trinajstić information content (AvgIpc) is 2.50. The van der Waals surface area contributed by atoms with E-state index in [4.69, 9.17) is 5.26 Å². The van der Waals surface area contributed by atoms with Crippen LogP contribution < -0.4 is 0 Å². The molecule has 5 heteroatoms. The maximum Gasteiger partial charge on any atom is 0.252 e. The van der Waals surface area contributed by atoms with Crippen LogP contribution in [0, 0.1) is 11.3 Å². The molecule has 2 aromatic heterocycles. The third kappa shape index (κ3) is 0.809. The van der Waals surface area contributed by atoms with E-state index in [0.29, 0.717) is 11.3 Å². The zero-order chi connectivity index (χ0) is 7.68. The molecule has 0 saturated heterocycles. The van der Waals surface area contributed by atoms with Crippen molar-refractivity contribution >= 4 is 5.78 Å². The van der Waals surface area contributed by atoms with Crippen LogP contribution in [0.25, 0.3) is 5.78 Å². The molecule has 2 rings (SSSR count). The van der Waals surface area contributed by atoms with Crippen LogP contribution in [-0.4, -0.2) is 19.6 Å². The van der Waals surface area contributed by atoms with E-state index in [1.54, 1.807) is 6.20 Å². The number of hydrogen-bond acceptors (Lipinski definition) is 4.